The molecule has 3 rings (SSSR count). The zero-order chi connectivity index (χ0) is 17.1. The molecular weight excluding hydrogens is 300 g/mol. The molecule has 5 heteroatoms. The van der Waals surface area contributed by atoms with E-state index in [4.69, 9.17) is 0 Å². The number of likely N-dealkylation sites (tertiary alicyclic amines) is 1. The molecule has 2 atom stereocenters. The van der Waals surface area contributed by atoms with Crippen molar-refractivity contribution in [1.29, 1.82) is 0 Å². The minimum Gasteiger partial charge on any atom is -0.333 e. The maximum absolute atomic E-state index is 12.4. The highest BCUT2D eigenvalue weighted by molar-refractivity contribution is 5.90. The Morgan fingerprint density at radius 2 is 1.92 bits per heavy atom. The van der Waals surface area contributed by atoms with Gasteiger partial charge in [0, 0.05) is 12.2 Å². The van der Waals surface area contributed by atoms with Gasteiger partial charge in [0.15, 0.2) is 0 Å². The van der Waals surface area contributed by atoms with E-state index in [9.17, 15) is 4.79 Å². The molecule has 1 aliphatic heterocycles. The molecule has 126 valence electrons. The van der Waals surface area contributed by atoms with E-state index in [1.54, 1.807) is 0 Å². The lowest BCUT2D eigenvalue weighted by atomic mass is 10.0. The molecule has 1 aromatic heterocycles. The number of rotatable bonds is 3. The zero-order valence-corrected chi connectivity index (χ0v) is 14.4. The number of hydrogen-bond acceptors (Lipinski definition) is 3. The molecule has 0 bridgehead atoms. The first kappa shape index (κ1) is 16.5. The molecule has 1 fully saturated rings. The highest BCUT2D eigenvalue weighted by Gasteiger charge is 2.33. The van der Waals surface area contributed by atoms with E-state index < -0.39 is 0 Å². The Morgan fingerprint density at radius 3 is 2.62 bits per heavy atom. The molecule has 2 N–H and O–H groups in total. The molecule has 2 aromatic rings. The van der Waals surface area contributed by atoms with Gasteiger partial charge in [-0.1, -0.05) is 30.3 Å². The predicted octanol–water partition coefficient (Wildman–Crippen LogP) is 3.27. The van der Waals surface area contributed by atoms with Crippen LogP contribution in [0, 0.1) is 13.8 Å². The molecule has 1 aliphatic rings. The Balaban J connectivity index is 1.69. The van der Waals surface area contributed by atoms with E-state index in [2.05, 4.69) is 39.7 Å². The normalized spacial score (nSPS) is 20.8. The molecule has 0 aliphatic carbocycles. The summed E-state index contributed by atoms with van der Waals surface area (Å²) in [4.78, 5) is 19.1. The first-order valence-corrected chi connectivity index (χ1v) is 8.31. The third-order valence-corrected chi connectivity index (χ3v) is 4.58. The number of anilines is 1. The first-order valence-electron chi connectivity index (χ1n) is 8.31. The van der Waals surface area contributed by atoms with Crippen LogP contribution in [-0.4, -0.2) is 35.5 Å². The van der Waals surface area contributed by atoms with Crippen molar-refractivity contribution in [2.45, 2.75) is 32.4 Å². The van der Waals surface area contributed by atoms with Gasteiger partial charge in [-0.3, -0.25) is 9.88 Å². The van der Waals surface area contributed by atoms with Gasteiger partial charge in [-0.25, -0.2) is 4.79 Å². The molecule has 1 aromatic carbocycles. The second-order valence-electron chi connectivity index (χ2n) is 6.42. The van der Waals surface area contributed by atoms with Gasteiger partial charge in [0.1, 0.15) is 0 Å². The van der Waals surface area contributed by atoms with Crippen LogP contribution in [0.2, 0.25) is 0 Å². The number of pyridine rings is 1. The van der Waals surface area contributed by atoms with Crippen molar-refractivity contribution in [2.75, 3.05) is 18.9 Å². The van der Waals surface area contributed by atoms with Gasteiger partial charge < -0.3 is 10.6 Å². The number of hydrogen-bond donors (Lipinski definition) is 2. The Labute approximate surface area is 143 Å². The maximum atomic E-state index is 12.4. The van der Waals surface area contributed by atoms with Gasteiger partial charge in [0.05, 0.1) is 23.5 Å². The second kappa shape index (κ2) is 7.01. The number of urea groups is 1. The Morgan fingerprint density at radius 1 is 1.17 bits per heavy atom. The molecule has 2 heterocycles. The fourth-order valence-electron chi connectivity index (χ4n) is 3.38. The third kappa shape index (κ3) is 3.57. The number of aryl methyl sites for hydroxylation is 2. The van der Waals surface area contributed by atoms with Crippen LogP contribution in [-0.2, 0) is 0 Å². The van der Waals surface area contributed by atoms with E-state index >= 15 is 0 Å². The Hall–Kier alpha value is -2.40. The van der Waals surface area contributed by atoms with Gasteiger partial charge in [-0.15, -0.1) is 0 Å². The van der Waals surface area contributed by atoms with Crippen molar-refractivity contribution in [1.82, 2.24) is 15.2 Å². The van der Waals surface area contributed by atoms with Crippen molar-refractivity contribution in [3.8, 4) is 0 Å². The summed E-state index contributed by atoms with van der Waals surface area (Å²) in [5, 5.41) is 6.05. The number of likely N-dealkylation sites (N-methyl/N-ethyl adjacent to an activating group) is 1. The van der Waals surface area contributed by atoms with Gasteiger partial charge in [-0.2, -0.15) is 0 Å². The summed E-state index contributed by atoms with van der Waals surface area (Å²) < 4.78 is 0. The number of carbonyl (C=O) groups is 1. The van der Waals surface area contributed by atoms with Crippen LogP contribution >= 0.6 is 0 Å². The topological polar surface area (TPSA) is 57.3 Å². The van der Waals surface area contributed by atoms with Crippen LogP contribution < -0.4 is 10.6 Å². The van der Waals surface area contributed by atoms with Gasteiger partial charge in [0.2, 0.25) is 0 Å². The van der Waals surface area contributed by atoms with Crippen molar-refractivity contribution < 1.29 is 4.79 Å². The minimum atomic E-state index is -0.176. The van der Waals surface area contributed by atoms with Gasteiger partial charge >= 0.3 is 6.03 Å². The summed E-state index contributed by atoms with van der Waals surface area (Å²) in [7, 11) is 2.10. The van der Waals surface area contributed by atoms with E-state index in [1.807, 2.05) is 44.2 Å². The summed E-state index contributed by atoms with van der Waals surface area (Å²) in [5.41, 5.74) is 3.75. The fourth-order valence-corrected chi connectivity index (χ4v) is 3.38. The molecule has 24 heavy (non-hydrogen) atoms. The maximum Gasteiger partial charge on any atom is 0.319 e. The van der Waals surface area contributed by atoms with E-state index in [0.717, 1.165) is 30.0 Å². The third-order valence-electron chi connectivity index (χ3n) is 4.58. The molecule has 1 saturated heterocycles. The summed E-state index contributed by atoms with van der Waals surface area (Å²) in [6, 6.07) is 14.3. The van der Waals surface area contributed by atoms with Crippen LogP contribution in [0.3, 0.4) is 0 Å². The quantitative estimate of drug-likeness (QED) is 0.911. The summed E-state index contributed by atoms with van der Waals surface area (Å²) in [6.07, 6.45) is 0.939. The van der Waals surface area contributed by atoms with Crippen LogP contribution in [0.15, 0.2) is 42.5 Å². The molecule has 2 unspecified atom stereocenters. The Kier molecular flexibility index (Phi) is 4.81. The van der Waals surface area contributed by atoms with Crippen molar-refractivity contribution >= 4 is 11.7 Å². The number of amides is 2. The van der Waals surface area contributed by atoms with Crippen LogP contribution in [0.5, 0.6) is 0 Å². The summed E-state index contributed by atoms with van der Waals surface area (Å²) in [6.45, 7) is 4.81. The summed E-state index contributed by atoms with van der Waals surface area (Å²) in [5.74, 6) is 0. The smallest absolute Gasteiger partial charge is 0.319 e. The van der Waals surface area contributed by atoms with Gasteiger partial charge in [-0.05, 0) is 45.0 Å². The first-order chi connectivity index (χ1) is 11.5. The molecule has 0 radical (unpaired) electrons. The average molecular weight is 324 g/mol. The minimum absolute atomic E-state index is 0.0936. The van der Waals surface area contributed by atoms with Crippen LogP contribution in [0.25, 0.3) is 0 Å². The summed E-state index contributed by atoms with van der Waals surface area (Å²) >= 11 is 0. The van der Waals surface area contributed by atoms with Crippen LogP contribution in [0.4, 0.5) is 10.5 Å². The van der Waals surface area contributed by atoms with E-state index in [1.165, 1.54) is 5.56 Å². The SMILES string of the molecule is Cc1ccc(NC(=O)NC2CCN(C)C2c2ccccc2)c(C)n1. The zero-order valence-electron chi connectivity index (χ0n) is 14.4. The van der Waals surface area contributed by atoms with Crippen molar-refractivity contribution in [2.24, 2.45) is 0 Å². The number of benzene rings is 1. The van der Waals surface area contributed by atoms with Gasteiger partial charge in [0.25, 0.3) is 0 Å². The molecule has 0 spiro atoms. The molecule has 5 nitrogen and oxygen atoms in total. The fraction of sp³-hybridized carbons (Fsp3) is 0.368. The lowest BCUT2D eigenvalue weighted by molar-refractivity contribution is 0.240. The number of aromatic nitrogens is 1. The largest absolute Gasteiger partial charge is 0.333 e. The number of carbonyl (C=O) groups excluding carboxylic acids is 1. The molecule has 2 amide bonds. The highest BCUT2D eigenvalue weighted by Crippen LogP contribution is 2.30. The van der Waals surface area contributed by atoms with E-state index in [0.29, 0.717) is 0 Å². The lowest BCUT2D eigenvalue weighted by Crippen LogP contribution is -2.41. The second-order valence-corrected chi connectivity index (χ2v) is 6.42. The van der Waals surface area contributed by atoms with Crippen molar-refractivity contribution in [3.63, 3.8) is 0 Å². The monoisotopic (exact) mass is 324 g/mol. The van der Waals surface area contributed by atoms with Crippen LogP contribution in [0.1, 0.15) is 29.4 Å². The predicted molar refractivity (Wildman–Crippen MR) is 96.1 cm³/mol. The lowest BCUT2D eigenvalue weighted by Gasteiger charge is -2.26. The number of nitrogens with zero attached hydrogens (tertiary/aromatic N) is 2. The van der Waals surface area contributed by atoms with Crippen molar-refractivity contribution in [3.05, 3.63) is 59.4 Å². The molecular formula is C19H24N4O. The average Bonchev–Trinajstić information content (AvgIpc) is 2.91. The molecule has 0 saturated carbocycles. The highest BCUT2D eigenvalue weighted by atomic mass is 16.2. The Bertz CT molecular complexity index is 717. The number of nitrogens with one attached hydrogen (secondary N) is 2. The van der Waals surface area contributed by atoms with E-state index in [-0.39, 0.29) is 18.1 Å². The standard InChI is InChI=1S/C19H24N4O/c1-13-9-10-16(14(2)20-13)21-19(24)22-17-11-12-23(3)18(17)15-7-5-4-6-8-15/h4-10,17-18H,11-12H2,1-3H3,(H2,21,22,24).